The summed E-state index contributed by atoms with van der Waals surface area (Å²) in [5.74, 6) is -1.50. The van der Waals surface area contributed by atoms with Crippen molar-refractivity contribution in [3.63, 3.8) is 0 Å². The second-order valence-corrected chi connectivity index (χ2v) is 14.0. The Kier molecular flexibility index (Phi) is 15.1. The molecule has 0 spiro atoms. The fraction of sp³-hybridized carbons (Fsp3) is 0.391. The minimum atomic E-state index is -0.436. The summed E-state index contributed by atoms with van der Waals surface area (Å²) < 4.78 is 22.1. The molecule has 302 valence electrons. The smallest absolute Gasteiger partial charge is 0.355 e. The summed E-state index contributed by atoms with van der Waals surface area (Å²) in [4.78, 5) is 62.8. The van der Waals surface area contributed by atoms with E-state index in [1.807, 2.05) is 88.4 Å². The average molecular weight is 778 g/mol. The summed E-state index contributed by atoms with van der Waals surface area (Å²) in [5, 5.41) is 0. The highest BCUT2D eigenvalue weighted by Crippen LogP contribution is 2.31. The molecule has 0 fully saturated rings. The lowest BCUT2D eigenvalue weighted by Crippen LogP contribution is -2.10. The zero-order valence-electron chi connectivity index (χ0n) is 34.0. The van der Waals surface area contributed by atoms with Crippen LogP contribution in [0.1, 0.15) is 129 Å². The van der Waals surface area contributed by atoms with E-state index in [1.165, 1.54) is 0 Å². The lowest BCUT2D eigenvalue weighted by Gasteiger charge is -2.10. The number of aromatic amines is 3. The minimum absolute atomic E-state index is 0.144. The number of rotatable bonds is 20. The maximum absolute atomic E-state index is 13.4. The van der Waals surface area contributed by atoms with Crippen molar-refractivity contribution < 1.29 is 38.1 Å². The summed E-state index contributed by atoms with van der Waals surface area (Å²) in [5.41, 5.74) is 11.5. The van der Waals surface area contributed by atoms with Gasteiger partial charge in [0.1, 0.15) is 24.6 Å². The summed E-state index contributed by atoms with van der Waals surface area (Å²) in [6.07, 6.45) is 3.20. The van der Waals surface area contributed by atoms with Gasteiger partial charge in [0.05, 0.1) is 13.2 Å². The molecule has 3 heterocycles. The van der Waals surface area contributed by atoms with Crippen LogP contribution in [0.5, 0.6) is 0 Å². The molecule has 0 bridgehead atoms. The van der Waals surface area contributed by atoms with E-state index in [2.05, 4.69) is 15.0 Å². The first-order valence-electron chi connectivity index (χ1n) is 19.9. The molecule has 3 aromatic heterocycles. The summed E-state index contributed by atoms with van der Waals surface area (Å²) in [7, 11) is 0. The molecule has 0 atom stereocenters. The van der Waals surface area contributed by atoms with Crippen LogP contribution in [0.15, 0.2) is 60.7 Å². The predicted octanol–water partition coefficient (Wildman–Crippen LogP) is 8.30. The van der Waals surface area contributed by atoms with Gasteiger partial charge in [-0.2, -0.15) is 0 Å². The van der Waals surface area contributed by atoms with Gasteiger partial charge in [-0.1, -0.05) is 74.5 Å². The zero-order valence-corrected chi connectivity index (χ0v) is 34.0. The lowest BCUT2D eigenvalue weighted by atomic mass is 9.95. The Morgan fingerprint density at radius 1 is 0.491 bits per heavy atom. The van der Waals surface area contributed by atoms with Crippen molar-refractivity contribution in [3.05, 3.63) is 139 Å². The van der Waals surface area contributed by atoms with E-state index in [0.29, 0.717) is 49.9 Å². The predicted molar refractivity (Wildman–Crippen MR) is 217 cm³/mol. The Balaban J connectivity index is 1.53. The third-order valence-corrected chi connectivity index (χ3v) is 10.3. The van der Waals surface area contributed by atoms with Gasteiger partial charge in [-0.25, -0.2) is 9.59 Å². The first kappa shape index (κ1) is 42.3. The monoisotopic (exact) mass is 777 g/mol. The van der Waals surface area contributed by atoms with Gasteiger partial charge in [0, 0.05) is 48.5 Å². The van der Waals surface area contributed by atoms with Crippen LogP contribution in [0.3, 0.4) is 0 Å². The van der Waals surface area contributed by atoms with E-state index >= 15 is 0 Å². The van der Waals surface area contributed by atoms with Gasteiger partial charge in [-0.05, 0) is 97.9 Å². The Morgan fingerprint density at radius 3 is 1.21 bits per heavy atom. The Labute approximate surface area is 334 Å². The van der Waals surface area contributed by atoms with E-state index in [9.17, 15) is 19.2 Å². The standard InChI is InChI=1S/C46H55N3O8/c1-7-33-29(5)43(45(52)56-27-31-17-13-11-14-18-31)48-37(33)25-39-35(21-23-41(50)54-9-3)36(22-24-42(51)55-10-4)40(47-39)26-38-34(8-2)30(6)44(49-38)46(53)57-28-32-19-15-12-16-20-32/h11-20,47-49H,7-10,21-28H2,1-6H3. The molecule has 0 aliphatic rings. The Hall–Kier alpha value is -5.84. The number of benzene rings is 2. The Bertz CT molecular complexity index is 1990. The third kappa shape index (κ3) is 10.7. The van der Waals surface area contributed by atoms with Crippen molar-refractivity contribution in [3.8, 4) is 0 Å². The molecule has 2 aromatic carbocycles. The first-order chi connectivity index (χ1) is 27.6. The second kappa shape index (κ2) is 20.4. The number of hydrogen-bond acceptors (Lipinski definition) is 8. The van der Waals surface area contributed by atoms with Crippen LogP contribution >= 0.6 is 0 Å². The maximum atomic E-state index is 13.4. The molecule has 3 N–H and O–H groups in total. The fourth-order valence-corrected chi connectivity index (χ4v) is 7.53. The van der Waals surface area contributed by atoms with Crippen LogP contribution < -0.4 is 0 Å². The summed E-state index contributed by atoms with van der Waals surface area (Å²) in [6.45, 7) is 12.4. The summed E-state index contributed by atoms with van der Waals surface area (Å²) >= 11 is 0. The molecule has 0 aliphatic carbocycles. The van der Waals surface area contributed by atoms with Crippen molar-refractivity contribution in [1.29, 1.82) is 0 Å². The number of ether oxygens (including phenoxy) is 4. The van der Waals surface area contributed by atoms with Crippen molar-refractivity contribution in [2.45, 2.75) is 106 Å². The van der Waals surface area contributed by atoms with Crippen LogP contribution in [0.25, 0.3) is 0 Å². The lowest BCUT2D eigenvalue weighted by molar-refractivity contribution is -0.144. The second-order valence-electron chi connectivity index (χ2n) is 14.0. The van der Waals surface area contributed by atoms with Gasteiger partial charge in [-0.15, -0.1) is 0 Å². The van der Waals surface area contributed by atoms with Crippen molar-refractivity contribution in [1.82, 2.24) is 15.0 Å². The van der Waals surface area contributed by atoms with E-state index < -0.39 is 11.9 Å². The van der Waals surface area contributed by atoms with Crippen molar-refractivity contribution >= 4 is 23.9 Å². The number of H-pyrrole nitrogens is 3. The SMILES string of the molecule is CCOC(=O)CCc1c(Cc2[nH]c(C(=O)OCc3ccccc3)c(C)c2CC)[nH]c(Cc2[nH]c(C(=O)OCc3ccccc3)c(C)c2CC)c1CCC(=O)OCC. The van der Waals surface area contributed by atoms with E-state index in [4.69, 9.17) is 18.9 Å². The molecule has 11 nitrogen and oxygen atoms in total. The molecule has 5 rings (SSSR count). The fourth-order valence-electron chi connectivity index (χ4n) is 7.53. The van der Waals surface area contributed by atoms with Crippen LogP contribution in [-0.4, -0.2) is 52.0 Å². The summed E-state index contributed by atoms with van der Waals surface area (Å²) in [6, 6.07) is 19.1. The number of carbonyl (C=O) groups excluding carboxylic acids is 4. The van der Waals surface area contributed by atoms with Gasteiger partial charge < -0.3 is 33.9 Å². The van der Waals surface area contributed by atoms with Crippen LogP contribution in [0.2, 0.25) is 0 Å². The molecular weight excluding hydrogens is 723 g/mol. The van der Waals surface area contributed by atoms with E-state index in [0.717, 1.165) is 67.3 Å². The number of esters is 4. The van der Waals surface area contributed by atoms with Gasteiger partial charge in [0.15, 0.2) is 0 Å². The molecule has 0 unspecified atom stereocenters. The highest BCUT2D eigenvalue weighted by molar-refractivity contribution is 5.90. The molecule has 0 saturated heterocycles. The van der Waals surface area contributed by atoms with Gasteiger partial charge in [-0.3, -0.25) is 9.59 Å². The topological polar surface area (TPSA) is 153 Å². The van der Waals surface area contributed by atoms with Crippen LogP contribution in [0, 0.1) is 13.8 Å². The molecule has 11 heteroatoms. The molecule has 0 amide bonds. The maximum Gasteiger partial charge on any atom is 0.355 e. The normalized spacial score (nSPS) is 11.1. The molecule has 5 aromatic rings. The van der Waals surface area contributed by atoms with Crippen LogP contribution in [0.4, 0.5) is 0 Å². The molecular formula is C46H55N3O8. The zero-order chi connectivity index (χ0) is 40.9. The molecule has 57 heavy (non-hydrogen) atoms. The highest BCUT2D eigenvalue weighted by Gasteiger charge is 2.26. The quantitative estimate of drug-likeness (QED) is 0.0527. The van der Waals surface area contributed by atoms with Crippen molar-refractivity contribution in [2.24, 2.45) is 0 Å². The highest BCUT2D eigenvalue weighted by atomic mass is 16.5. The number of hydrogen-bond donors (Lipinski definition) is 3. The van der Waals surface area contributed by atoms with Gasteiger partial charge in [0.2, 0.25) is 0 Å². The van der Waals surface area contributed by atoms with E-state index in [-0.39, 0.29) is 51.2 Å². The van der Waals surface area contributed by atoms with E-state index in [1.54, 1.807) is 13.8 Å². The molecule has 0 radical (unpaired) electrons. The minimum Gasteiger partial charge on any atom is -0.466 e. The number of nitrogens with one attached hydrogen (secondary N) is 3. The Morgan fingerprint density at radius 2 is 0.860 bits per heavy atom. The van der Waals surface area contributed by atoms with Crippen molar-refractivity contribution in [2.75, 3.05) is 13.2 Å². The number of aromatic nitrogens is 3. The third-order valence-electron chi connectivity index (χ3n) is 10.3. The van der Waals surface area contributed by atoms with Crippen LogP contribution in [-0.2, 0) is 80.3 Å². The first-order valence-corrected chi connectivity index (χ1v) is 19.9. The number of carbonyl (C=O) groups is 4. The molecule has 0 aliphatic heterocycles. The molecule has 0 saturated carbocycles. The average Bonchev–Trinajstić information content (AvgIpc) is 3.83. The van der Waals surface area contributed by atoms with Gasteiger partial charge >= 0.3 is 23.9 Å². The largest absolute Gasteiger partial charge is 0.466 e. The van der Waals surface area contributed by atoms with Gasteiger partial charge in [0.25, 0.3) is 0 Å².